The van der Waals surface area contributed by atoms with Crippen molar-refractivity contribution in [2.45, 2.75) is 0 Å². The van der Waals surface area contributed by atoms with Crippen molar-refractivity contribution in [1.29, 1.82) is 0 Å². The quantitative estimate of drug-likeness (QED) is 0.543. The van der Waals surface area contributed by atoms with Crippen LogP contribution in [0.1, 0.15) is 0 Å². The van der Waals surface area contributed by atoms with Gasteiger partial charge >= 0.3 is 0 Å². The Morgan fingerprint density at radius 1 is 1.18 bits per heavy atom. The molecule has 0 aliphatic heterocycles. The predicted octanol–water partition coefficient (Wildman–Crippen LogP) is 1.95. The van der Waals surface area contributed by atoms with Gasteiger partial charge in [0.25, 0.3) is 5.56 Å². The van der Waals surface area contributed by atoms with Crippen LogP contribution in [0.5, 0.6) is 0 Å². The molecule has 2 nitrogen and oxygen atoms in total. The summed E-state index contributed by atoms with van der Waals surface area (Å²) in [6, 6.07) is 1.30. The fourth-order valence-electron chi connectivity index (χ4n) is 0.459. The number of hydrogen-bond acceptors (Lipinski definition) is 1. The van der Waals surface area contributed by atoms with E-state index in [1.807, 2.05) is 0 Å². The maximum atomic E-state index is 10.7. The summed E-state index contributed by atoms with van der Waals surface area (Å²) in [5.74, 6) is 0. The van der Waals surface area contributed by atoms with Crippen LogP contribution < -0.4 is 5.56 Å². The van der Waals surface area contributed by atoms with E-state index in [1.165, 1.54) is 6.07 Å². The number of nitrogens with one attached hydrogen (secondary N) is 1. The summed E-state index contributed by atoms with van der Waals surface area (Å²) in [6.45, 7) is 0. The largest absolute Gasteiger partial charge is 0.310 e. The maximum absolute atomic E-state index is 10.7. The minimum atomic E-state index is -0.434. The number of rotatable bonds is 0. The molecule has 0 aliphatic rings. The first kappa shape index (κ1) is 12.5. The minimum absolute atomic E-state index is 0. The van der Waals surface area contributed by atoms with Crippen LogP contribution in [0.25, 0.3) is 0 Å². The van der Waals surface area contributed by atoms with Crippen LogP contribution in [0, 0.1) is 0 Å². The molecule has 0 bridgehead atoms. The molecule has 1 N–H and O–H groups in total. The predicted molar refractivity (Wildman–Crippen MR) is 47.8 cm³/mol. The molecule has 1 aromatic rings. The van der Waals surface area contributed by atoms with Gasteiger partial charge in [0.1, 0.15) is 10.2 Å². The summed E-state index contributed by atoms with van der Waals surface area (Å²) in [6.07, 6.45) is 0. The second-order valence-corrected chi connectivity index (χ2v) is 2.80. The molecule has 1 heterocycles. The van der Waals surface area contributed by atoms with Gasteiger partial charge < -0.3 is 4.98 Å². The average Bonchev–Trinajstić information content (AvgIpc) is 1.84. The van der Waals surface area contributed by atoms with Gasteiger partial charge in [-0.25, -0.2) is 0 Å². The van der Waals surface area contributed by atoms with Crippen molar-refractivity contribution in [2.75, 3.05) is 0 Å². The van der Waals surface area contributed by atoms with Crippen molar-refractivity contribution in [2.24, 2.45) is 0 Å². The first-order valence-corrected chi connectivity index (χ1v) is 3.48. The van der Waals surface area contributed by atoms with Crippen LogP contribution in [0.2, 0.25) is 15.2 Å². The first-order valence-electron chi connectivity index (χ1n) is 2.35. The summed E-state index contributed by atoms with van der Waals surface area (Å²) in [7, 11) is 0. The first-order chi connectivity index (χ1) is 4.61. The SMILES string of the molecule is O=c1[nH]c(Cl)c(Cl)cc1Cl.[K]. The average molecular weight is 238 g/mol. The maximum Gasteiger partial charge on any atom is 0.267 e. The molecule has 0 aromatic carbocycles. The number of aromatic amines is 1. The molecule has 0 atom stereocenters. The molecule has 0 spiro atoms. The molecule has 0 saturated carbocycles. The van der Waals surface area contributed by atoms with Crippen molar-refractivity contribution in [3.63, 3.8) is 0 Å². The Bertz CT molecular complexity index is 311. The molecule has 0 unspecified atom stereocenters. The van der Waals surface area contributed by atoms with Gasteiger partial charge in [0, 0.05) is 51.4 Å². The summed E-state index contributed by atoms with van der Waals surface area (Å²) in [4.78, 5) is 12.9. The van der Waals surface area contributed by atoms with E-state index in [4.69, 9.17) is 34.8 Å². The number of halogens is 3. The van der Waals surface area contributed by atoms with E-state index in [9.17, 15) is 4.79 Å². The van der Waals surface area contributed by atoms with Crippen LogP contribution in [-0.4, -0.2) is 56.4 Å². The van der Waals surface area contributed by atoms with Crippen molar-refractivity contribution in [3.8, 4) is 0 Å². The summed E-state index contributed by atoms with van der Waals surface area (Å²) in [5.41, 5.74) is -0.434. The summed E-state index contributed by atoms with van der Waals surface area (Å²) >= 11 is 16.3. The summed E-state index contributed by atoms with van der Waals surface area (Å²) in [5, 5.41) is 0.386. The van der Waals surface area contributed by atoms with E-state index in [1.54, 1.807) is 0 Å². The van der Waals surface area contributed by atoms with Gasteiger partial charge in [0.2, 0.25) is 0 Å². The van der Waals surface area contributed by atoms with E-state index in [0.29, 0.717) is 0 Å². The Hall–Kier alpha value is 1.46. The molecule has 1 rings (SSSR count). The van der Waals surface area contributed by atoms with Crippen molar-refractivity contribution >= 4 is 86.2 Å². The zero-order valence-corrected chi connectivity index (χ0v) is 11.0. The van der Waals surface area contributed by atoms with Crippen LogP contribution >= 0.6 is 34.8 Å². The molecular formula is C5H2Cl3KNO. The number of H-pyrrole nitrogens is 1. The monoisotopic (exact) mass is 236 g/mol. The molecule has 0 fully saturated rings. The smallest absolute Gasteiger partial charge is 0.267 e. The van der Waals surface area contributed by atoms with Gasteiger partial charge in [-0.1, -0.05) is 34.8 Å². The van der Waals surface area contributed by atoms with E-state index >= 15 is 0 Å². The van der Waals surface area contributed by atoms with Gasteiger partial charge in [0.05, 0.1) is 5.02 Å². The molecular weight excluding hydrogens is 236 g/mol. The fraction of sp³-hybridized carbons (Fsp3) is 0. The van der Waals surface area contributed by atoms with Crippen molar-refractivity contribution in [3.05, 3.63) is 31.6 Å². The van der Waals surface area contributed by atoms with Gasteiger partial charge in [0.15, 0.2) is 0 Å². The Balaban J connectivity index is 0.000001000. The van der Waals surface area contributed by atoms with Gasteiger partial charge in [-0.05, 0) is 6.07 Å². The molecule has 6 heteroatoms. The third kappa shape index (κ3) is 3.36. The Kier molecular flexibility index (Phi) is 5.94. The third-order valence-corrected chi connectivity index (χ3v) is 1.88. The molecule has 1 radical (unpaired) electrons. The fourth-order valence-corrected chi connectivity index (χ4v) is 0.968. The van der Waals surface area contributed by atoms with Crippen LogP contribution in [-0.2, 0) is 0 Å². The topological polar surface area (TPSA) is 32.9 Å². The second-order valence-electron chi connectivity index (χ2n) is 1.61. The number of aromatic nitrogens is 1. The standard InChI is InChI=1S/C5H2Cl3NO.K/c6-2-1-3(7)5(10)9-4(2)8;/h1H,(H,9,10);. The molecule has 11 heavy (non-hydrogen) atoms. The zero-order chi connectivity index (χ0) is 7.72. The molecule has 1 aromatic heterocycles. The molecule has 55 valence electrons. The zero-order valence-electron chi connectivity index (χ0n) is 5.62. The van der Waals surface area contributed by atoms with Gasteiger partial charge in [-0.2, -0.15) is 0 Å². The summed E-state index contributed by atoms with van der Waals surface area (Å²) < 4.78 is 0. The Labute approximate surface area is 121 Å². The Morgan fingerprint density at radius 2 is 1.73 bits per heavy atom. The third-order valence-electron chi connectivity index (χ3n) is 0.903. The van der Waals surface area contributed by atoms with Crippen LogP contribution in [0.15, 0.2) is 10.9 Å². The second kappa shape index (κ2) is 5.24. The molecule has 0 saturated heterocycles. The van der Waals surface area contributed by atoms with E-state index in [0.717, 1.165) is 0 Å². The molecule has 0 amide bonds. The van der Waals surface area contributed by atoms with Gasteiger partial charge in [-0.3, -0.25) is 4.79 Å². The number of pyridine rings is 1. The van der Waals surface area contributed by atoms with Gasteiger partial charge in [-0.15, -0.1) is 0 Å². The van der Waals surface area contributed by atoms with Crippen LogP contribution in [0.4, 0.5) is 0 Å². The van der Waals surface area contributed by atoms with Crippen molar-refractivity contribution in [1.82, 2.24) is 4.98 Å². The number of hydrogen-bond donors (Lipinski definition) is 1. The Morgan fingerprint density at radius 3 is 2.18 bits per heavy atom. The van der Waals surface area contributed by atoms with Crippen LogP contribution in [0.3, 0.4) is 0 Å². The van der Waals surface area contributed by atoms with Crippen molar-refractivity contribution < 1.29 is 0 Å². The normalized spacial score (nSPS) is 9.00. The minimum Gasteiger partial charge on any atom is -0.310 e. The van der Waals surface area contributed by atoms with E-state index in [-0.39, 0.29) is 66.6 Å². The van der Waals surface area contributed by atoms with E-state index in [2.05, 4.69) is 4.98 Å². The molecule has 0 aliphatic carbocycles. The van der Waals surface area contributed by atoms with E-state index < -0.39 is 5.56 Å².